The molecule has 9 heterocycles. The number of carbonyl (C=O) groups is 3. The number of imidazole rings is 3. The van der Waals surface area contributed by atoms with Crippen LogP contribution in [0.3, 0.4) is 0 Å². The van der Waals surface area contributed by atoms with Crippen molar-refractivity contribution in [1.82, 2.24) is 73.0 Å². The Hall–Kier alpha value is -10.5. The maximum atomic E-state index is 12.7. The predicted molar refractivity (Wildman–Crippen MR) is 456 cm³/mol. The first-order chi connectivity index (χ1) is 55.1. The van der Waals surface area contributed by atoms with E-state index in [2.05, 4.69) is 141 Å². The first-order valence-electron chi connectivity index (χ1n) is 40.7. The van der Waals surface area contributed by atoms with Gasteiger partial charge in [0.2, 0.25) is 0 Å². The second-order valence-corrected chi connectivity index (χ2v) is 35.7. The molecule has 0 bridgehead atoms. The minimum absolute atomic E-state index is 0.132. The molecule has 3 aliphatic heterocycles. The van der Waals surface area contributed by atoms with E-state index in [0.29, 0.717) is 95.6 Å². The summed E-state index contributed by atoms with van der Waals surface area (Å²) in [7, 11) is 5.81. The molecule has 6 atom stereocenters. The number of piperazine rings is 3. The molecule has 24 heteroatoms. The summed E-state index contributed by atoms with van der Waals surface area (Å²) in [6.45, 7) is 42.1. The van der Waals surface area contributed by atoms with Gasteiger partial charge in [0, 0.05) is 135 Å². The van der Waals surface area contributed by atoms with Crippen LogP contribution in [0.25, 0.3) is 34.9 Å². The molecule has 6 aromatic heterocycles. The van der Waals surface area contributed by atoms with Crippen molar-refractivity contribution in [2.24, 2.45) is 21.1 Å². The largest absolute Gasteiger partial charge is 0.444 e. The van der Waals surface area contributed by atoms with E-state index in [4.69, 9.17) is 29.2 Å². The van der Waals surface area contributed by atoms with Crippen molar-refractivity contribution in [2.45, 2.75) is 176 Å². The normalized spacial score (nSPS) is 19.4. The number of aryl methyl sites for hydroxylation is 6. The number of aromatic nitrogens is 9. The van der Waals surface area contributed by atoms with Gasteiger partial charge in [-0.3, -0.25) is 29.7 Å². The van der Waals surface area contributed by atoms with Gasteiger partial charge < -0.3 is 57.9 Å². The molecular formula is C93H117N15O9. The maximum Gasteiger partial charge on any atom is 0.410 e. The first kappa shape index (κ1) is 84.4. The fourth-order valence-corrected chi connectivity index (χ4v) is 17.0. The molecule has 3 fully saturated rings. The van der Waals surface area contributed by atoms with Crippen LogP contribution >= 0.6 is 0 Å². The van der Waals surface area contributed by atoms with Gasteiger partial charge in [-0.25, -0.2) is 29.3 Å². The summed E-state index contributed by atoms with van der Waals surface area (Å²) in [6.07, 6.45) is 16.1. The van der Waals surface area contributed by atoms with E-state index >= 15 is 0 Å². The molecular weight excluding hydrogens is 1470 g/mol. The maximum absolute atomic E-state index is 12.7. The lowest BCUT2D eigenvalue weighted by Crippen LogP contribution is -2.51. The van der Waals surface area contributed by atoms with E-state index < -0.39 is 33.6 Å². The van der Waals surface area contributed by atoms with Crippen molar-refractivity contribution in [3.63, 3.8) is 0 Å². The standard InChI is InChI=1S/3C31H39N5O3/c3*1-20-10-11-23-24(17-20)25(31(6,38)28-21(2)34(7)19-33-28)18-22-9-8-12-32-26(22)27(23)35-13-15-36(16-14-35)29(37)39-30(3,4)5/h3*8-12,17-19,27,38H,13-16H2,1-7H3/t3*27-,31?/m000/s1. The van der Waals surface area contributed by atoms with Crippen LogP contribution in [-0.4, -0.2) is 202 Å². The van der Waals surface area contributed by atoms with E-state index in [-0.39, 0.29) is 36.4 Å². The van der Waals surface area contributed by atoms with Gasteiger partial charge in [0.25, 0.3) is 0 Å². The summed E-state index contributed by atoms with van der Waals surface area (Å²) >= 11 is 0. The van der Waals surface area contributed by atoms with Crippen molar-refractivity contribution in [3.8, 4) is 0 Å². The topological polar surface area (TPSA) is 251 Å². The van der Waals surface area contributed by atoms with Crippen LogP contribution < -0.4 is 0 Å². The number of rotatable bonds is 9. The van der Waals surface area contributed by atoms with Gasteiger partial charge in [-0.2, -0.15) is 0 Å². The summed E-state index contributed by atoms with van der Waals surface area (Å²) in [5.74, 6) is 0. The summed E-state index contributed by atoms with van der Waals surface area (Å²) in [5, 5.41) is 36.4. The number of aliphatic hydroxyl groups is 3. The van der Waals surface area contributed by atoms with Crippen molar-refractivity contribution < 1.29 is 43.9 Å². The van der Waals surface area contributed by atoms with Crippen LogP contribution in [0.15, 0.2) is 129 Å². The fraction of sp³-hybridized carbons (Fsp3) is 0.452. The minimum Gasteiger partial charge on any atom is -0.444 e. The fourth-order valence-electron chi connectivity index (χ4n) is 17.0. The van der Waals surface area contributed by atoms with Crippen molar-refractivity contribution in [2.75, 3.05) is 78.5 Å². The lowest BCUT2D eigenvalue weighted by atomic mass is 9.82. The molecule has 3 amide bonds. The molecule has 0 spiro atoms. The van der Waals surface area contributed by atoms with Crippen LogP contribution in [0.4, 0.5) is 14.4 Å². The number of carbonyl (C=O) groups excluding carboxylic acids is 3. The summed E-state index contributed by atoms with van der Waals surface area (Å²) in [6, 6.07) is 30.9. The summed E-state index contributed by atoms with van der Waals surface area (Å²) in [5.41, 5.74) is 16.8. The average Bonchev–Trinajstić information content (AvgIpc) is 1.41. The second kappa shape index (κ2) is 32.8. The Morgan fingerprint density at radius 3 is 0.803 bits per heavy atom. The van der Waals surface area contributed by atoms with E-state index in [1.165, 1.54) is 0 Å². The number of hydrogen-bond acceptors (Lipinski definition) is 18. The highest BCUT2D eigenvalue weighted by molar-refractivity contribution is 5.93. The third kappa shape index (κ3) is 17.6. The number of hydrogen-bond donors (Lipinski definition) is 3. The Balaban J connectivity index is 0.000000152. The Bertz CT molecular complexity index is 4790. The second-order valence-electron chi connectivity index (χ2n) is 35.7. The highest BCUT2D eigenvalue weighted by Gasteiger charge is 2.45. The van der Waals surface area contributed by atoms with Crippen LogP contribution in [0, 0.1) is 41.5 Å². The number of amides is 3. The summed E-state index contributed by atoms with van der Waals surface area (Å²) < 4.78 is 22.7. The average molecular weight is 1590 g/mol. The number of nitrogens with zero attached hydrogens (tertiary/aromatic N) is 15. The van der Waals surface area contributed by atoms with E-state index in [9.17, 15) is 29.7 Å². The Labute approximate surface area is 689 Å². The number of ether oxygens (including phenoxy) is 3. The van der Waals surface area contributed by atoms with E-state index in [0.717, 1.165) is 118 Å². The van der Waals surface area contributed by atoms with Gasteiger partial charge in [0.15, 0.2) is 0 Å². The SMILES string of the molecule is Cc1ccc2c(c1)C(C(C)(O)c1ncn(C)c1C)=Cc1cccnc1[C@H]2N1CCN(C(=O)OC(C)(C)C)CC1.Cc1ccc2c(c1)C(C(C)(O)c1ncn(C)c1C)=Cc1cccnc1[C@H]2N1CCN(C(=O)OC(C)(C)C)CC1.Cc1ccc2c(c1)C(C(C)(O)c1ncn(C)c1C)=Cc1cccnc1[C@H]2N1CCN(C(=O)OC(C)(C)C)CC1. The third-order valence-electron chi connectivity index (χ3n) is 23.3. The van der Waals surface area contributed by atoms with Crippen LogP contribution in [0.2, 0.25) is 0 Å². The zero-order chi connectivity index (χ0) is 84.3. The molecule has 0 radical (unpaired) electrons. The highest BCUT2D eigenvalue weighted by atomic mass is 16.6. The van der Waals surface area contributed by atoms with Crippen LogP contribution in [0.1, 0.15) is 219 Å². The molecule has 117 heavy (non-hydrogen) atoms. The van der Waals surface area contributed by atoms with Gasteiger partial charge in [-0.1, -0.05) is 89.5 Å². The Kier molecular flexibility index (Phi) is 23.7. The van der Waals surface area contributed by atoms with Crippen LogP contribution in [-0.2, 0) is 52.2 Å². The molecule has 15 rings (SSSR count). The van der Waals surface area contributed by atoms with Crippen molar-refractivity contribution >= 4 is 53.2 Å². The van der Waals surface area contributed by atoms with Gasteiger partial charge in [0.05, 0.1) is 71.3 Å². The molecule has 3 saturated heterocycles. The molecule has 9 aromatic rings. The minimum atomic E-state index is -1.33. The molecule has 3 aliphatic carbocycles. The monoisotopic (exact) mass is 1590 g/mol. The van der Waals surface area contributed by atoms with Crippen LogP contribution in [0.5, 0.6) is 0 Å². The number of benzene rings is 3. The van der Waals surface area contributed by atoms with E-state index in [1.54, 1.807) is 33.7 Å². The molecule has 618 valence electrons. The van der Waals surface area contributed by atoms with Crippen molar-refractivity contribution in [1.29, 1.82) is 0 Å². The predicted octanol–water partition coefficient (Wildman–Crippen LogP) is 14.5. The quantitative estimate of drug-likeness (QED) is 0.114. The number of pyridine rings is 3. The summed E-state index contributed by atoms with van der Waals surface area (Å²) in [4.78, 5) is 79.1. The lowest BCUT2D eigenvalue weighted by molar-refractivity contribution is 0.0108. The zero-order valence-electron chi connectivity index (χ0n) is 72.1. The molecule has 6 aliphatic rings. The van der Waals surface area contributed by atoms with E-state index in [1.807, 2.05) is 175 Å². The molecule has 24 nitrogen and oxygen atoms in total. The molecule has 3 unspecified atom stereocenters. The van der Waals surface area contributed by atoms with Gasteiger partial charge in [-0.15, -0.1) is 0 Å². The van der Waals surface area contributed by atoms with Gasteiger partial charge >= 0.3 is 18.3 Å². The molecule has 0 saturated carbocycles. The smallest absolute Gasteiger partial charge is 0.410 e. The third-order valence-corrected chi connectivity index (χ3v) is 23.3. The van der Waals surface area contributed by atoms with Gasteiger partial charge in [0.1, 0.15) is 33.6 Å². The highest BCUT2D eigenvalue weighted by Crippen LogP contribution is 2.51. The van der Waals surface area contributed by atoms with Crippen molar-refractivity contribution in [3.05, 3.63) is 247 Å². The first-order valence-corrected chi connectivity index (χ1v) is 40.7. The Morgan fingerprint density at radius 2 is 0.590 bits per heavy atom. The zero-order valence-corrected chi connectivity index (χ0v) is 72.1. The van der Waals surface area contributed by atoms with Gasteiger partial charge in [-0.05, 0) is 228 Å². The number of fused-ring (bicyclic) bond motifs is 6. The molecule has 3 aromatic carbocycles. The molecule has 3 N–H and O–H groups in total. The lowest BCUT2D eigenvalue weighted by Gasteiger charge is -2.40. The Morgan fingerprint density at radius 1 is 0.350 bits per heavy atom.